The minimum Gasteiger partial charge on any atom is -0.477 e. The summed E-state index contributed by atoms with van der Waals surface area (Å²) in [6, 6.07) is 9.53. The maximum Gasteiger partial charge on any atom is 0.213 e. The smallest absolute Gasteiger partial charge is 0.213 e. The lowest BCUT2D eigenvalue weighted by molar-refractivity contribution is 0.262. The molecular formula is C13H16N2O. The number of nitrogen functional groups attached to an aromatic ring is 1. The SMILES string of the molecule is CC(C)COc1ccc2cc(N)ccc2n1. The molecule has 0 saturated heterocycles. The Hall–Kier alpha value is -1.77. The van der Waals surface area contributed by atoms with Crippen molar-refractivity contribution in [2.24, 2.45) is 5.92 Å². The molecule has 3 heteroatoms. The molecule has 0 atom stereocenters. The van der Waals surface area contributed by atoms with Gasteiger partial charge in [-0.3, -0.25) is 0 Å². The Morgan fingerprint density at radius 1 is 1.25 bits per heavy atom. The van der Waals surface area contributed by atoms with Gasteiger partial charge in [0.15, 0.2) is 0 Å². The van der Waals surface area contributed by atoms with E-state index in [1.807, 2.05) is 30.3 Å². The molecule has 0 bridgehead atoms. The van der Waals surface area contributed by atoms with Crippen molar-refractivity contribution in [1.82, 2.24) is 4.98 Å². The Morgan fingerprint density at radius 3 is 2.81 bits per heavy atom. The summed E-state index contributed by atoms with van der Waals surface area (Å²) in [4.78, 5) is 4.41. The Labute approximate surface area is 95.2 Å². The van der Waals surface area contributed by atoms with E-state index in [-0.39, 0.29) is 0 Å². The van der Waals surface area contributed by atoms with Crippen molar-refractivity contribution in [1.29, 1.82) is 0 Å². The number of pyridine rings is 1. The van der Waals surface area contributed by atoms with Gasteiger partial charge in [-0.15, -0.1) is 0 Å². The fourth-order valence-electron chi connectivity index (χ4n) is 1.46. The number of fused-ring (bicyclic) bond motifs is 1. The molecule has 1 heterocycles. The van der Waals surface area contributed by atoms with Crippen LogP contribution in [0.1, 0.15) is 13.8 Å². The number of hydrogen-bond donors (Lipinski definition) is 1. The van der Waals surface area contributed by atoms with Gasteiger partial charge in [0.1, 0.15) is 0 Å². The molecule has 16 heavy (non-hydrogen) atoms. The van der Waals surface area contributed by atoms with Crippen LogP contribution < -0.4 is 10.5 Å². The van der Waals surface area contributed by atoms with Gasteiger partial charge >= 0.3 is 0 Å². The second-order valence-electron chi connectivity index (χ2n) is 4.31. The number of nitrogens with two attached hydrogens (primary N) is 1. The summed E-state index contributed by atoms with van der Waals surface area (Å²) in [5.41, 5.74) is 7.37. The molecule has 0 fully saturated rings. The highest BCUT2D eigenvalue weighted by Crippen LogP contribution is 2.19. The second-order valence-corrected chi connectivity index (χ2v) is 4.31. The molecule has 0 saturated carbocycles. The number of benzene rings is 1. The third-order valence-electron chi connectivity index (χ3n) is 2.25. The normalized spacial score (nSPS) is 10.9. The molecule has 2 aromatic rings. The molecule has 3 nitrogen and oxygen atoms in total. The molecule has 1 aromatic heterocycles. The van der Waals surface area contributed by atoms with E-state index in [0.29, 0.717) is 18.4 Å². The van der Waals surface area contributed by atoms with E-state index < -0.39 is 0 Å². The average Bonchev–Trinajstić information content (AvgIpc) is 2.26. The molecule has 2 N–H and O–H groups in total. The summed E-state index contributed by atoms with van der Waals surface area (Å²) >= 11 is 0. The Kier molecular flexibility index (Phi) is 2.95. The van der Waals surface area contributed by atoms with Crippen molar-refractivity contribution >= 4 is 16.6 Å². The number of anilines is 1. The minimum atomic E-state index is 0.504. The van der Waals surface area contributed by atoms with Crippen molar-refractivity contribution < 1.29 is 4.74 Å². The highest BCUT2D eigenvalue weighted by molar-refractivity contribution is 5.82. The third-order valence-corrected chi connectivity index (χ3v) is 2.25. The van der Waals surface area contributed by atoms with Gasteiger partial charge < -0.3 is 10.5 Å². The van der Waals surface area contributed by atoms with Crippen LogP contribution in [0.4, 0.5) is 5.69 Å². The summed E-state index contributed by atoms with van der Waals surface area (Å²) in [6.07, 6.45) is 0. The van der Waals surface area contributed by atoms with E-state index in [1.165, 1.54) is 0 Å². The van der Waals surface area contributed by atoms with Gasteiger partial charge in [-0.25, -0.2) is 4.98 Å². The zero-order chi connectivity index (χ0) is 11.5. The zero-order valence-electron chi connectivity index (χ0n) is 9.60. The summed E-state index contributed by atoms with van der Waals surface area (Å²) in [7, 11) is 0. The summed E-state index contributed by atoms with van der Waals surface area (Å²) in [5.74, 6) is 1.18. The highest BCUT2D eigenvalue weighted by Gasteiger charge is 2.01. The lowest BCUT2D eigenvalue weighted by Crippen LogP contribution is -2.05. The van der Waals surface area contributed by atoms with Gasteiger partial charge in [-0.05, 0) is 30.2 Å². The monoisotopic (exact) mass is 216 g/mol. The Morgan fingerprint density at radius 2 is 2.06 bits per heavy atom. The number of rotatable bonds is 3. The van der Waals surface area contributed by atoms with Gasteiger partial charge in [0.25, 0.3) is 0 Å². The van der Waals surface area contributed by atoms with Crippen LogP contribution in [-0.4, -0.2) is 11.6 Å². The fraction of sp³-hybridized carbons (Fsp3) is 0.308. The van der Waals surface area contributed by atoms with E-state index in [0.717, 1.165) is 16.6 Å². The largest absolute Gasteiger partial charge is 0.477 e. The topological polar surface area (TPSA) is 48.1 Å². The lowest BCUT2D eigenvalue weighted by Gasteiger charge is -2.08. The van der Waals surface area contributed by atoms with Crippen LogP contribution in [0.3, 0.4) is 0 Å². The van der Waals surface area contributed by atoms with Gasteiger partial charge in [0.2, 0.25) is 5.88 Å². The first-order valence-electron chi connectivity index (χ1n) is 5.44. The predicted octanol–water partition coefficient (Wildman–Crippen LogP) is 2.85. The molecular weight excluding hydrogens is 200 g/mol. The first-order chi connectivity index (χ1) is 7.65. The lowest BCUT2D eigenvalue weighted by atomic mass is 10.2. The molecule has 0 aliphatic rings. The van der Waals surface area contributed by atoms with E-state index in [9.17, 15) is 0 Å². The van der Waals surface area contributed by atoms with Crippen molar-refractivity contribution in [3.05, 3.63) is 30.3 Å². The molecule has 0 amide bonds. The van der Waals surface area contributed by atoms with Crippen LogP contribution in [0.15, 0.2) is 30.3 Å². The van der Waals surface area contributed by atoms with Crippen LogP contribution in [0.2, 0.25) is 0 Å². The Bertz CT molecular complexity index is 494. The predicted molar refractivity (Wildman–Crippen MR) is 66.5 cm³/mol. The maximum atomic E-state index is 5.70. The number of ether oxygens (including phenoxy) is 1. The third kappa shape index (κ3) is 2.42. The van der Waals surface area contributed by atoms with Gasteiger partial charge in [-0.1, -0.05) is 13.8 Å². The standard InChI is InChI=1S/C13H16N2O/c1-9(2)8-16-13-6-3-10-7-11(14)4-5-12(10)15-13/h3-7,9H,8,14H2,1-2H3. The first kappa shape index (κ1) is 10.7. The first-order valence-corrected chi connectivity index (χ1v) is 5.44. The van der Waals surface area contributed by atoms with E-state index in [1.54, 1.807) is 0 Å². The number of nitrogens with zero attached hydrogens (tertiary/aromatic N) is 1. The zero-order valence-corrected chi connectivity index (χ0v) is 9.60. The quantitative estimate of drug-likeness (QED) is 0.802. The van der Waals surface area contributed by atoms with E-state index in [2.05, 4.69) is 18.8 Å². The molecule has 1 aromatic carbocycles. The van der Waals surface area contributed by atoms with Crippen molar-refractivity contribution in [2.45, 2.75) is 13.8 Å². The van der Waals surface area contributed by atoms with Crippen LogP contribution >= 0.6 is 0 Å². The summed E-state index contributed by atoms with van der Waals surface area (Å²) < 4.78 is 5.56. The van der Waals surface area contributed by atoms with E-state index in [4.69, 9.17) is 10.5 Å². The minimum absolute atomic E-state index is 0.504. The van der Waals surface area contributed by atoms with Crippen molar-refractivity contribution in [3.8, 4) is 5.88 Å². The van der Waals surface area contributed by atoms with Crippen LogP contribution in [0.5, 0.6) is 5.88 Å². The van der Waals surface area contributed by atoms with Crippen molar-refractivity contribution in [3.63, 3.8) is 0 Å². The maximum absolute atomic E-state index is 5.70. The van der Waals surface area contributed by atoms with Crippen LogP contribution in [0, 0.1) is 5.92 Å². The van der Waals surface area contributed by atoms with Crippen LogP contribution in [0.25, 0.3) is 10.9 Å². The highest BCUT2D eigenvalue weighted by atomic mass is 16.5. The van der Waals surface area contributed by atoms with Gasteiger partial charge in [-0.2, -0.15) is 0 Å². The summed E-state index contributed by atoms with van der Waals surface area (Å²) in [6.45, 7) is 4.91. The number of hydrogen-bond acceptors (Lipinski definition) is 3. The molecule has 0 aliphatic heterocycles. The van der Waals surface area contributed by atoms with E-state index >= 15 is 0 Å². The molecule has 84 valence electrons. The second kappa shape index (κ2) is 4.39. The summed E-state index contributed by atoms with van der Waals surface area (Å²) in [5, 5.41) is 1.04. The van der Waals surface area contributed by atoms with Gasteiger partial charge in [0.05, 0.1) is 12.1 Å². The van der Waals surface area contributed by atoms with Crippen LogP contribution in [-0.2, 0) is 0 Å². The Balaban J connectivity index is 2.26. The molecule has 0 spiro atoms. The van der Waals surface area contributed by atoms with Gasteiger partial charge in [0, 0.05) is 17.1 Å². The average molecular weight is 216 g/mol. The molecule has 2 rings (SSSR count). The fourth-order valence-corrected chi connectivity index (χ4v) is 1.46. The molecule has 0 aliphatic carbocycles. The number of aromatic nitrogens is 1. The van der Waals surface area contributed by atoms with Crippen molar-refractivity contribution in [2.75, 3.05) is 12.3 Å². The molecule has 0 radical (unpaired) electrons. The molecule has 0 unspecified atom stereocenters.